The topological polar surface area (TPSA) is 46.3 Å². The van der Waals surface area contributed by atoms with Gasteiger partial charge >= 0.3 is 0 Å². The second kappa shape index (κ2) is 5.67. The fraction of sp³-hybridized carbons (Fsp3) is 0.417. The second-order valence-electron chi connectivity index (χ2n) is 4.15. The van der Waals surface area contributed by atoms with Gasteiger partial charge in [0.15, 0.2) is 0 Å². The van der Waals surface area contributed by atoms with Crippen molar-refractivity contribution in [2.75, 3.05) is 19.6 Å². The van der Waals surface area contributed by atoms with Crippen LogP contribution in [0.1, 0.15) is 11.3 Å². The van der Waals surface area contributed by atoms with Crippen LogP contribution in [-0.4, -0.2) is 30.4 Å². The van der Waals surface area contributed by atoms with E-state index in [1.54, 1.807) is 6.08 Å². The van der Waals surface area contributed by atoms with E-state index in [9.17, 15) is 4.79 Å². The first kappa shape index (κ1) is 12.6. The molecule has 0 saturated carbocycles. The van der Waals surface area contributed by atoms with Crippen LogP contribution in [-0.2, 0) is 4.79 Å². The molecule has 92 valence electrons. The van der Waals surface area contributed by atoms with Crippen molar-refractivity contribution in [2.24, 2.45) is 11.7 Å². The molecule has 1 amide bonds. The molecule has 1 atom stereocenters. The number of amides is 1. The third-order valence-electron chi connectivity index (χ3n) is 2.92. The minimum absolute atomic E-state index is 0.0606. The van der Waals surface area contributed by atoms with E-state index in [0.717, 1.165) is 28.7 Å². The van der Waals surface area contributed by atoms with Crippen LogP contribution in [0.15, 0.2) is 18.2 Å². The van der Waals surface area contributed by atoms with Gasteiger partial charge in [-0.25, -0.2) is 0 Å². The van der Waals surface area contributed by atoms with E-state index in [1.807, 2.05) is 23.1 Å². The Hall–Kier alpha value is -0.840. The molecule has 2 heterocycles. The molecule has 2 N–H and O–H groups in total. The molecule has 1 unspecified atom stereocenters. The van der Waals surface area contributed by atoms with Gasteiger partial charge in [-0.2, -0.15) is 0 Å². The van der Waals surface area contributed by atoms with Gasteiger partial charge in [-0.15, -0.1) is 11.3 Å². The molecule has 0 radical (unpaired) electrons. The monoisotopic (exact) mass is 270 g/mol. The Kier molecular flexibility index (Phi) is 4.20. The first-order chi connectivity index (χ1) is 8.19. The van der Waals surface area contributed by atoms with Crippen molar-refractivity contribution in [1.29, 1.82) is 0 Å². The fourth-order valence-corrected chi connectivity index (χ4v) is 2.87. The number of nitrogens with zero attached hydrogens (tertiary/aromatic N) is 1. The van der Waals surface area contributed by atoms with E-state index in [1.165, 1.54) is 11.3 Å². The van der Waals surface area contributed by atoms with Crippen molar-refractivity contribution in [2.45, 2.75) is 6.42 Å². The molecule has 0 aromatic carbocycles. The van der Waals surface area contributed by atoms with Gasteiger partial charge in [-0.3, -0.25) is 4.79 Å². The zero-order valence-electron chi connectivity index (χ0n) is 9.43. The molecular formula is C12H15ClN2OS. The Morgan fingerprint density at radius 2 is 2.47 bits per heavy atom. The Morgan fingerprint density at radius 3 is 3.06 bits per heavy atom. The number of likely N-dealkylation sites (tertiary alicyclic amines) is 1. The number of halogens is 1. The summed E-state index contributed by atoms with van der Waals surface area (Å²) in [5, 5.41) is 0. The molecule has 1 saturated heterocycles. The lowest BCUT2D eigenvalue weighted by atomic mass is 10.1. The van der Waals surface area contributed by atoms with Gasteiger partial charge in [0.25, 0.3) is 0 Å². The van der Waals surface area contributed by atoms with Gasteiger partial charge in [-0.1, -0.05) is 11.6 Å². The standard InChI is InChI=1S/C12H15ClN2OS/c13-11-3-1-10(17-11)2-4-12(16)15-6-5-9(7-14)8-15/h1-4,9H,5-8,14H2/b4-2+. The Balaban J connectivity index is 1.91. The highest BCUT2D eigenvalue weighted by Crippen LogP contribution is 2.22. The molecule has 1 aliphatic heterocycles. The third-order valence-corrected chi connectivity index (χ3v) is 4.11. The number of nitrogens with two attached hydrogens (primary N) is 1. The van der Waals surface area contributed by atoms with Crippen LogP contribution in [0.25, 0.3) is 6.08 Å². The zero-order valence-corrected chi connectivity index (χ0v) is 11.0. The van der Waals surface area contributed by atoms with E-state index in [4.69, 9.17) is 17.3 Å². The van der Waals surface area contributed by atoms with Crippen LogP contribution in [0.2, 0.25) is 4.34 Å². The Labute approximate surface area is 110 Å². The van der Waals surface area contributed by atoms with Gasteiger partial charge in [-0.05, 0) is 37.1 Å². The van der Waals surface area contributed by atoms with Crippen LogP contribution in [0.3, 0.4) is 0 Å². The number of hydrogen-bond acceptors (Lipinski definition) is 3. The SMILES string of the molecule is NCC1CCN(C(=O)/C=C/c2ccc(Cl)s2)C1. The van der Waals surface area contributed by atoms with Crippen molar-refractivity contribution in [3.63, 3.8) is 0 Å². The molecule has 0 spiro atoms. The number of hydrogen-bond donors (Lipinski definition) is 1. The van der Waals surface area contributed by atoms with Crippen molar-refractivity contribution in [3.8, 4) is 0 Å². The highest BCUT2D eigenvalue weighted by Gasteiger charge is 2.23. The number of thiophene rings is 1. The van der Waals surface area contributed by atoms with Crippen molar-refractivity contribution in [3.05, 3.63) is 27.4 Å². The van der Waals surface area contributed by atoms with Crippen molar-refractivity contribution in [1.82, 2.24) is 4.90 Å². The van der Waals surface area contributed by atoms with Gasteiger partial charge < -0.3 is 10.6 Å². The van der Waals surface area contributed by atoms with Crippen LogP contribution in [0.4, 0.5) is 0 Å². The number of carbonyl (C=O) groups excluding carboxylic acids is 1. The lowest BCUT2D eigenvalue weighted by molar-refractivity contribution is -0.125. The first-order valence-corrected chi connectivity index (χ1v) is 6.81. The van der Waals surface area contributed by atoms with E-state index >= 15 is 0 Å². The van der Waals surface area contributed by atoms with E-state index < -0.39 is 0 Å². The summed E-state index contributed by atoms with van der Waals surface area (Å²) in [6, 6.07) is 3.74. The quantitative estimate of drug-likeness (QED) is 0.856. The Morgan fingerprint density at radius 1 is 1.65 bits per heavy atom. The van der Waals surface area contributed by atoms with Gasteiger partial charge in [0, 0.05) is 24.0 Å². The molecule has 2 rings (SSSR count). The summed E-state index contributed by atoms with van der Waals surface area (Å²) >= 11 is 7.28. The lowest BCUT2D eigenvalue weighted by Crippen LogP contribution is -2.28. The number of rotatable bonds is 3. The maximum Gasteiger partial charge on any atom is 0.246 e. The molecule has 5 heteroatoms. The lowest BCUT2D eigenvalue weighted by Gasteiger charge is -2.13. The molecule has 1 aliphatic rings. The highest BCUT2D eigenvalue weighted by atomic mass is 35.5. The van der Waals surface area contributed by atoms with Gasteiger partial charge in [0.1, 0.15) is 0 Å². The normalized spacial score (nSPS) is 20.4. The summed E-state index contributed by atoms with van der Waals surface area (Å²) in [5.41, 5.74) is 5.59. The summed E-state index contributed by atoms with van der Waals surface area (Å²) in [6.07, 6.45) is 4.44. The average Bonchev–Trinajstić information content (AvgIpc) is 2.94. The predicted molar refractivity (Wildman–Crippen MR) is 72.1 cm³/mol. The molecule has 1 aromatic rings. The molecule has 17 heavy (non-hydrogen) atoms. The van der Waals surface area contributed by atoms with Crippen LogP contribution in [0, 0.1) is 5.92 Å². The van der Waals surface area contributed by atoms with Crippen LogP contribution < -0.4 is 5.73 Å². The molecular weight excluding hydrogens is 256 g/mol. The van der Waals surface area contributed by atoms with E-state index in [0.29, 0.717) is 12.5 Å². The largest absolute Gasteiger partial charge is 0.339 e. The second-order valence-corrected chi connectivity index (χ2v) is 5.90. The summed E-state index contributed by atoms with van der Waals surface area (Å²) in [5.74, 6) is 0.522. The summed E-state index contributed by atoms with van der Waals surface area (Å²) in [6.45, 7) is 2.26. The molecule has 0 aliphatic carbocycles. The van der Waals surface area contributed by atoms with Crippen molar-refractivity contribution >= 4 is 34.9 Å². The van der Waals surface area contributed by atoms with Gasteiger partial charge in [0.2, 0.25) is 5.91 Å². The van der Waals surface area contributed by atoms with Gasteiger partial charge in [0.05, 0.1) is 4.34 Å². The fourth-order valence-electron chi connectivity index (χ4n) is 1.90. The first-order valence-electron chi connectivity index (χ1n) is 5.61. The minimum Gasteiger partial charge on any atom is -0.339 e. The third kappa shape index (κ3) is 3.31. The van der Waals surface area contributed by atoms with E-state index in [-0.39, 0.29) is 5.91 Å². The molecule has 1 fully saturated rings. The molecule has 1 aromatic heterocycles. The van der Waals surface area contributed by atoms with Crippen LogP contribution >= 0.6 is 22.9 Å². The Bertz CT molecular complexity index is 430. The molecule has 0 bridgehead atoms. The smallest absolute Gasteiger partial charge is 0.246 e. The number of carbonyl (C=O) groups is 1. The molecule has 3 nitrogen and oxygen atoms in total. The van der Waals surface area contributed by atoms with E-state index in [2.05, 4.69) is 0 Å². The minimum atomic E-state index is 0.0606. The highest BCUT2D eigenvalue weighted by molar-refractivity contribution is 7.17. The summed E-state index contributed by atoms with van der Waals surface area (Å²) < 4.78 is 0.737. The summed E-state index contributed by atoms with van der Waals surface area (Å²) in [4.78, 5) is 14.7. The predicted octanol–water partition coefficient (Wildman–Crippen LogP) is 2.22. The van der Waals surface area contributed by atoms with Crippen molar-refractivity contribution < 1.29 is 4.79 Å². The maximum absolute atomic E-state index is 11.9. The maximum atomic E-state index is 11.9. The summed E-state index contributed by atoms with van der Waals surface area (Å²) in [7, 11) is 0. The van der Waals surface area contributed by atoms with Crippen LogP contribution in [0.5, 0.6) is 0 Å². The average molecular weight is 271 g/mol. The zero-order chi connectivity index (χ0) is 12.3.